The van der Waals surface area contributed by atoms with Crippen LogP contribution in [-0.2, 0) is 7.05 Å². The van der Waals surface area contributed by atoms with Crippen molar-refractivity contribution in [1.29, 1.82) is 0 Å². The Hall–Kier alpha value is -3.43. The van der Waals surface area contributed by atoms with Crippen molar-refractivity contribution in [3.63, 3.8) is 0 Å². The van der Waals surface area contributed by atoms with E-state index in [0.29, 0.717) is 21.8 Å². The third kappa shape index (κ3) is 4.68. The number of nitrogens with zero attached hydrogens (tertiary/aromatic N) is 4. The van der Waals surface area contributed by atoms with Crippen LogP contribution in [0.4, 0.5) is 11.4 Å². The van der Waals surface area contributed by atoms with Gasteiger partial charge >= 0.3 is 0 Å². The zero-order valence-electron chi connectivity index (χ0n) is 16.9. The normalized spacial score (nSPS) is 10.6. The molecule has 0 saturated carbocycles. The second kappa shape index (κ2) is 9.15. The van der Waals surface area contributed by atoms with E-state index in [1.165, 1.54) is 28.0 Å². The van der Waals surface area contributed by atoms with Crippen LogP contribution in [0.3, 0.4) is 0 Å². The molecule has 0 bridgehead atoms. The first-order valence-electron chi connectivity index (χ1n) is 9.37. The lowest BCUT2D eigenvalue weighted by Crippen LogP contribution is -2.28. The summed E-state index contributed by atoms with van der Waals surface area (Å²) in [6.45, 7) is 0. The molecule has 0 fully saturated rings. The fourth-order valence-corrected chi connectivity index (χ4v) is 4.37. The number of carbonyl (C=O) groups excluding carboxylic acids is 2. The summed E-state index contributed by atoms with van der Waals surface area (Å²) in [4.78, 5) is 28.8. The predicted octanol–water partition coefficient (Wildman–Crippen LogP) is 4.56. The number of rotatable bonds is 6. The van der Waals surface area contributed by atoms with Crippen molar-refractivity contribution in [3.05, 3.63) is 82.8 Å². The van der Waals surface area contributed by atoms with Crippen LogP contribution in [-0.4, -0.2) is 33.6 Å². The molecule has 0 aliphatic heterocycles. The number of amides is 2. The average Bonchev–Trinajstić information content (AvgIpc) is 3.46. The molecule has 4 aromatic rings. The number of anilines is 2. The summed E-state index contributed by atoms with van der Waals surface area (Å²) in [6, 6.07) is 18.1. The topological polar surface area (TPSA) is 80.1 Å². The van der Waals surface area contributed by atoms with Crippen molar-refractivity contribution in [2.24, 2.45) is 7.05 Å². The van der Waals surface area contributed by atoms with E-state index in [4.69, 9.17) is 0 Å². The molecule has 2 aromatic heterocycles. The molecule has 0 spiro atoms. The molecule has 0 saturated heterocycles. The van der Waals surface area contributed by atoms with E-state index in [1.54, 1.807) is 37.6 Å². The molecule has 0 aliphatic carbocycles. The number of hydrogen-bond donors (Lipinski definition) is 1. The fourth-order valence-electron chi connectivity index (χ4n) is 2.91. The van der Waals surface area contributed by atoms with E-state index >= 15 is 0 Å². The Balaban J connectivity index is 1.49. The first-order chi connectivity index (χ1) is 15.0. The molecule has 2 heterocycles. The Labute approximate surface area is 187 Å². The summed E-state index contributed by atoms with van der Waals surface area (Å²) in [5.41, 5.74) is 1.63. The van der Waals surface area contributed by atoms with Gasteiger partial charge in [-0.15, -0.1) is 21.5 Å². The second-order valence-electron chi connectivity index (χ2n) is 6.66. The molecule has 4 rings (SSSR count). The van der Waals surface area contributed by atoms with Crippen molar-refractivity contribution >= 4 is 46.3 Å². The molecule has 0 aliphatic rings. The van der Waals surface area contributed by atoms with Crippen molar-refractivity contribution in [1.82, 2.24) is 14.8 Å². The second-order valence-corrected chi connectivity index (χ2v) is 8.65. The van der Waals surface area contributed by atoms with Crippen LogP contribution >= 0.6 is 23.1 Å². The Morgan fingerprint density at radius 2 is 1.84 bits per heavy atom. The van der Waals surface area contributed by atoms with Gasteiger partial charge in [0.15, 0.2) is 5.16 Å². The van der Waals surface area contributed by atoms with Gasteiger partial charge < -0.3 is 14.8 Å². The Morgan fingerprint density at radius 1 is 1.06 bits per heavy atom. The van der Waals surface area contributed by atoms with Crippen molar-refractivity contribution in [2.45, 2.75) is 10.1 Å². The molecule has 156 valence electrons. The van der Waals surface area contributed by atoms with E-state index in [2.05, 4.69) is 15.5 Å². The number of aromatic nitrogens is 3. The lowest BCUT2D eigenvalue weighted by Gasteiger charge is -2.20. The molecule has 9 heteroatoms. The van der Waals surface area contributed by atoms with Crippen LogP contribution in [0.25, 0.3) is 0 Å². The van der Waals surface area contributed by atoms with Gasteiger partial charge in [0.25, 0.3) is 11.8 Å². The Bertz CT molecular complexity index is 1200. The van der Waals surface area contributed by atoms with Gasteiger partial charge in [0, 0.05) is 24.7 Å². The quantitative estimate of drug-likeness (QED) is 0.467. The first-order valence-corrected chi connectivity index (χ1v) is 11.1. The van der Waals surface area contributed by atoms with Gasteiger partial charge in [0.1, 0.15) is 6.33 Å². The highest BCUT2D eigenvalue weighted by atomic mass is 32.2. The molecule has 2 amide bonds. The van der Waals surface area contributed by atoms with Gasteiger partial charge in [0.05, 0.1) is 16.1 Å². The zero-order chi connectivity index (χ0) is 21.8. The maximum Gasteiger partial charge on any atom is 0.268 e. The molecule has 0 atom stereocenters. The Morgan fingerprint density at radius 3 is 2.52 bits per heavy atom. The Kier molecular flexibility index (Phi) is 6.15. The maximum absolute atomic E-state index is 13.0. The highest BCUT2D eigenvalue weighted by molar-refractivity contribution is 7.99. The number of benzene rings is 2. The largest absolute Gasteiger partial charge is 0.322 e. The standard InChI is InChI=1S/C22H19N5O2S2/c1-26-14-23-25-22(26)31-16-11-9-15(10-12-16)24-20(28)17-6-3-4-7-18(17)27(2)21(29)19-8-5-13-30-19/h3-14H,1-2H3,(H,24,28). The van der Waals surface area contributed by atoms with Gasteiger partial charge in [-0.2, -0.15) is 0 Å². The summed E-state index contributed by atoms with van der Waals surface area (Å²) in [7, 11) is 3.56. The van der Waals surface area contributed by atoms with Gasteiger partial charge in [-0.1, -0.05) is 18.2 Å². The summed E-state index contributed by atoms with van der Waals surface area (Å²) in [6.07, 6.45) is 1.65. The van der Waals surface area contributed by atoms with Crippen molar-refractivity contribution in [3.8, 4) is 0 Å². The molecule has 31 heavy (non-hydrogen) atoms. The average molecular weight is 450 g/mol. The molecule has 0 unspecified atom stereocenters. The molecule has 7 nitrogen and oxygen atoms in total. The van der Waals surface area contributed by atoms with Crippen LogP contribution in [0.5, 0.6) is 0 Å². The SMILES string of the molecule is CN(C(=O)c1cccs1)c1ccccc1C(=O)Nc1ccc(Sc2nncn2C)cc1. The van der Waals surface area contributed by atoms with Crippen LogP contribution in [0.2, 0.25) is 0 Å². The third-order valence-electron chi connectivity index (χ3n) is 4.54. The zero-order valence-corrected chi connectivity index (χ0v) is 18.5. The van der Waals surface area contributed by atoms with Gasteiger partial charge in [-0.3, -0.25) is 9.59 Å². The number of aryl methyl sites for hydroxylation is 1. The smallest absolute Gasteiger partial charge is 0.268 e. The lowest BCUT2D eigenvalue weighted by molar-refractivity contribution is 0.0996. The number of carbonyl (C=O) groups is 2. The molecular formula is C22H19N5O2S2. The highest BCUT2D eigenvalue weighted by Crippen LogP contribution is 2.27. The number of thiophene rings is 1. The molecular weight excluding hydrogens is 430 g/mol. The van der Waals surface area contributed by atoms with Gasteiger partial charge in [-0.05, 0) is 59.6 Å². The van der Waals surface area contributed by atoms with Crippen molar-refractivity contribution < 1.29 is 9.59 Å². The minimum atomic E-state index is -0.282. The summed E-state index contributed by atoms with van der Waals surface area (Å²) < 4.78 is 1.84. The molecule has 1 N–H and O–H groups in total. The predicted molar refractivity (Wildman–Crippen MR) is 123 cm³/mol. The monoisotopic (exact) mass is 449 g/mol. The van der Waals surface area contributed by atoms with E-state index in [9.17, 15) is 9.59 Å². The van der Waals surface area contributed by atoms with E-state index < -0.39 is 0 Å². The molecule has 0 radical (unpaired) electrons. The maximum atomic E-state index is 13.0. The minimum absolute atomic E-state index is 0.152. The number of para-hydroxylation sites is 1. The van der Waals surface area contributed by atoms with E-state index in [-0.39, 0.29) is 11.8 Å². The summed E-state index contributed by atoms with van der Waals surface area (Å²) >= 11 is 2.86. The van der Waals surface area contributed by atoms with Crippen LogP contribution < -0.4 is 10.2 Å². The fraction of sp³-hybridized carbons (Fsp3) is 0.0909. The highest BCUT2D eigenvalue weighted by Gasteiger charge is 2.20. The number of nitrogens with one attached hydrogen (secondary N) is 1. The van der Waals surface area contributed by atoms with Crippen LogP contribution in [0, 0.1) is 0 Å². The van der Waals surface area contributed by atoms with Crippen LogP contribution in [0.15, 0.2) is 82.4 Å². The minimum Gasteiger partial charge on any atom is -0.322 e. The third-order valence-corrected chi connectivity index (χ3v) is 6.46. The first kappa shape index (κ1) is 20.8. The summed E-state index contributed by atoms with van der Waals surface area (Å²) in [5.74, 6) is -0.435. The van der Waals surface area contributed by atoms with E-state index in [1.807, 2.05) is 53.4 Å². The summed E-state index contributed by atoms with van der Waals surface area (Å²) in [5, 5.41) is 13.5. The van der Waals surface area contributed by atoms with Crippen molar-refractivity contribution in [2.75, 3.05) is 17.3 Å². The van der Waals surface area contributed by atoms with E-state index in [0.717, 1.165) is 10.1 Å². The van der Waals surface area contributed by atoms with Gasteiger partial charge in [0.2, 0.25) is 0 Å². The molecule has 2 aromatic carbocycles. The van der Waals surface area contributed by atoms with Gasteiger partial charge in [-0.25, -0.2) is 0 Å². The number of hydrogen-bond acceptors (Lipinski definition) is 6. The van der Waals surface area contributed by atoms with Crippen LogP contribution in [0.1, 0.15) is 20.0 Å². The lowest BCUT2D eigenvalue weighted by atomic mass is 10.1.